The van der Waals surface area contributed by atoms with Crippen LogP contribution in [0.5, 0.6) is 0 Å². The predicted molar refractivity (Wildman–Crippen MR) is 251 cm³/mol. The van der Waals surface area contributed by atoms with Crippen molar-refractivity contribution in [1.29, 1.82) is 0 Å². The summed E-state index contributed by atoms with van der Waals surface area (Å²) >= 11 is 0. The Kier molecular flexibility index (Phi) is 40.3. The highest BCUT2D eigenvalue weighted by atomic mass is 31.2. The summed E-state index contributed by atoms with van der Waals surface area (Å²) in [5.74, 6) is -0.459. The van der Waals surface area contributed by atoms with Gasteiger partial charge >= 0.3 is 27.6 Å². The molecule has 0 rings (SSSR count). The van der Waals surface area contributed by atoms with Crippen molar-refractivity contribution in [2.75, 3.05) is 26.4 Å². The molecule has 0 aromatic rings. The fourth-order valence-corrected chi connectivity index (χ4v) is 7.70. The standard InChI is InChI=1S/C47H88O15P2/c1-4-6-7-8-9-10-11-17-20-23-26-29-33-44(49)45(50)34-31-36-47(52)62-43(40-61-64(56,57)60-38-42(48)37-59-63(53,54)55)39-58-46(51)35-30-27-24-21-18-15-13-12-14-16-19-22-25-28-32-41(3)5-2/h9-10,17,20,26,29,41-45,48-50H,4-8,11-16,18-19,21-25,27-28,30-40H2,1-3H3,(H,56,57)(H2,53,54,55)/b10-9-,20-17-,29-26-/t41?,42-,43+,44?,45?/m0/s1. The topological polar surface area (TPSA) is 236 Å². The molecule has 6 atom stereocenters. The highest BCUT2D eigenvalue weighted by Gasteiger charge is 2.28. The summed E-state index contributed by atoms with van der Waals surface area (Å²) in [5, 5.41) is 30.6. The second-order valence-electron chi connectivity index (χ2n) is 16.9. The first kappa shape index (κ1) is 62.3. The van der Waals surface area contributed by atoms with Crippen molar-refractivity contribution in [1.82, 2.24) is 0 Å². The third-order valence-electron chi connectivity index (χ3n) is 10.8. The normalized spacial score (nSPS) is 15.7. The Bertz CT molecular complexity index is 1320. The number of carbonyl (C=O) groups excluding carboxylic acids is 2. The summed E-state index contributed by atoms with van der Waals surface area (Å²) in [6.07, 6.45) is 32.9. The van der Waals surface area contributed by atoms with Gasteiger partial charge in [-0.25, -0.2) is 9.13 Å². The van der Waals surface area contributed by atoms with Crippen molar-refractivity contribution in [3.8, 4) is 0 Å². The Morgan fingerprint density at radius 3 is 1.64 bits per heavy atom. The van der Waals surface area contributed by atoms with Crippen molar-refractivity contribution in [2.24, 2.45) is 5.92 Å². The molecule has 0 radical (unpaired) electrons. The smallest absolute Gasteiger partial charge is 0.462 e. The Morgan fingerprint density at radius 2 is 1.06 bits per heavy atom. The van der Waals surface area contributed by atoms with Gasteiger partial charge in [0.15, 0.2) is 6.10 Å². The monoisotopic (exact) mass is 955 g/mol. The lowest BCUT2D eigenvalue weighted by Crippen LogP contribution is -2.30. The number of aliphatic hydroxyl groups is 3. The van der Waals surface area contributed by atoms with Gasteiger partial charge in [0.25, 0.3) is 0 Å². The fourth-order valence-electron chi connectivity index (χ4n) is 6.55. The summed E-state index contributed by atoms with van der Waals surface area (Å²) < 4.78 is 47.7. The van der Waals surface area contributed by atoms with E-state index in [1.54, 1.807) is 6.08 Å². The molecule has 0 aliphatic carbocycles. The zero-order valence-electron chi connectivity index (χ0n) is 39.5. The van der Waals surface area contributed by atoms with Gasteiger partial charge in [-0.2, -0.15) is 0 Å². The van der Waals surface area contributed by atoms with Gasteiger partial charge in [0.2, 0.25) is 0 Å². The molecule has 0 bridgehead atoms. The number of ether oxygens (including phenoxy) is 2. The van der Waals surface area contributed by atoms with Gasteiger partial charge in [0.05, 0.1) is 32.0 Å². The Morgan fingerprint density at radius 1 is 0.547 bits per heavy atom. The maximum absolute atomic E-state index is 12.7. The predicted octanol–water partition coefficient (Wildman–Crippen LogP) is 10.6. The second kappa shape index (κ2) is 41.4. The first-order chi connectivity index (χ1) is 30.6. The molecule has 0 spiro atoms. The molecule has 0 fully saturated rings. The zero-order valence-corrected chi connectivity index (χ0v) is 41.3. The van der Waals surface area contributed by atoms with E-state index in [1.807, 2.05) is 12.2 Å². The van der Waals surface area contributed by atoms with E-state index >= 15 is 0 Å². The molecule has 0 saturated carbocycles. The molecule has 0 aliphatic rings. The third-order valence-corrected chi connectivity index (χ3v) is 12.2. The summed E-state index contributed by atoms with van der Waals surface area (Å²) in [5.41, 5.74) is 0. The van der Waals surface area contributed by atoms with Crippen LogP contribution in [-0.2, 0) is 41.8 Å². The summed E-state index contributed by atoms with van der Waals surface area (Å²) in [7, 11) is -9.79. The van der Waals surface area contributed by atoms with Crippen molar-refractivity contribution >= 4 is 27.6 Å². The molecule has 0 aromatic carbocycles. The molecule has 0 saturated heterocycles. The number of rotatable bonds is 45. The van der Waals surface area contributed by atoms with Crippen LogP contribution in [0, 0.1) is 5.92 Å². The van der Waals surface area contributed by atoms with E-state index in [1.165, 1.54) is 96.3 Å². The lowest BCUT2D eigenvalue weighted by Gasteiger charge is -2.21. The van der Waals surface area contributed by atoms with Crippen LogP contribution >= 0.6 is 15.6 Å². The number of esters is 2. The number of carbonyl (C=O) groups is 2. The number of allylic oxidation sites excluding steroid dienone is 5. The molecule has 376 valence electrons. The molecule has 17 heteroatoms. The summed E-state index contributed by atoms with van der Waals surface area (Å²) in [4.78, 5) is 52.9. The van der Waals surface area contributed by atoms with Crippen molar-refractivity contribution < 1.29 is 71.8 Å². The number of phosphoric acid groups is 2. The molecule has 0 heterocycles. The maximum atomic E-state index is 12.7. The van der Waals surface area contributed by atoms with Crippen molar-refractivity contribution in [2.45, 2.75) is 219 Å². The Hall–Kier alpha value is -1.74. The zero-order chi connectivity index (χ0) is 47.7. The minimum atomic E-state index is -4.90. The fraction of sp³-hybridized carbons (Fsp3) is 0.830. The van der Waals surface area contributed by atoms with Crippen LogP contribution in [0.15, 0.2) is 36.5 Å². The molecule has 15 nitrogen and oxygen atoms in total. The van der Waals surface area contributed by atoms with Gasteiger partial charge < -0.3 is 39.5 Å². The first-order valence-corrected chi connectivity index (χ1v) is 27.3. The van der Waals surface area contributed by atoms with E-state index in [0.717, 1.165) is 38.0 Å². The van der Waals surface area contributed by atoms with Crippen LogP contribution in [0.3, 0.4) is 0 Å². The summed E-state index contributed by atoms with van der Waals surface area (Å²) in [6, 6.07) is 0. The van der Waals surface area contributed by atoms with Crippen LogP contribution in [0.1, 0.15) is 194 Å². The molecule has 0 aliphatic heterocycles. The lowest BCUT2D eigenvalue weighted by molar-refractivity contribution is -0.161. The van der Waals surface area contributed by atoms with Gasteiger partial charge in [-0.1, -0.05) is 166 Å². The SMILES string of the molecule is CCCCC/C=C\C/C=C\C/C=C\CC(O)C(O)CCCC(=O)O[C@H](COC(=O)CCCCCCCCCCCCCCCCC(C)CC)COP(=O)(O)OC[C@@H](O)COP(=O)(O)O. The highest BCUT2D eigenvalue weighted by Crippen LogP contribution is 2.44. The third kappa shape index (κ3) is 42.9. The average Bonchev–Trinajstić information content (AvgIpc) is 3.25. The molecule has 0 aromatic heterocycles. The number of unbranched alkanes of at least 4 members (excludes halogenated alkanes) is 16. The molecular formula is C47H88O15P2. The minimum absolute atomic E-state index is 0.0946. The first-order valence-electron chi connectivity index (χ1n) is 24.2. The van der Waals surface area contributed by atoms with Crippen LogP contribution in [0.4, 0.5) is 0 Å². The summed E-state index contributed by atoms with van der Waals surface area (Å²) in [6.45, 7) is 3.78. The largest absolute Gasteiger partial charge is 0.472 e. The number of hydrogen-bond acceptors (Lipinski definition) is 12. The van der Waals surface area contributed by atoms with Gasteiger partial charge in [0, 0.05) is 12.8 Å². The number of phosphoric ester groups is 2. The maximum Gasteiger partial charge on any atom is 0.472 e. The van der Waals surface area contributed by atoms with E-state index in [9.17, 15) is 38.9 Å². The molecule has 0 amide bonds. The van der Waals surface area contributed by atoms with E-state index in [-0.39, 0.29) is 32.1 Å². The van der Waals surface area contributed by atoms with Crippen LogP contribution in [0.2, 0.25) is 0 Å². The minimum Gasteiger partial charge on any atom is -0.462 e. The number of hydrogen-bond donors (Lipinski definition) is 6. The average molecular weight is 955 g/mol. The van der Waals surface area contributed by atoms with E-state index in [2.05, 4.69) is 48.0 Å². The van der Waals surface area contributed by atoms with E-state index < -0.39 is 78.4 Å². The second-order valence-corrected chi connectivity index (χ2v) is 19.6. The van der Waals surface area contributed by atoms with Crippen LogP contribution < -0.4 is 0 Å². The van der Waals surface area contributed by atoms with Gasteiger partial charge in [-0.15, -0.1) is 0 Å². The van der Waals surface area contributed by atoms with Crippen LogP contribution in [-0.4, -0.2) is 92.8 Å². The quantitative estimate of drug-likeness (QED) is 0.0144. The molecule has 6 N–H and O–H groups in total. The molecule has 4 unspecified atom stereocenters. The number of aliphatic hydroxyl groups excluding tert-OH is 3. The Balaban J connectivity index is 4.67. The van der Waals surface area contributed by atoms with Crippen molar-refractivity contribution in [3.63, 3.8) is 0 Å². The van der Waals surface area contributed by atoms with Crippen LogP contribution in [0.25, 0.3) is 0 Å². The Labute approximate surface area is 385 Å². The van der Waals surface area contributed by atoms with Gasteiger partial charge in [-0.3, -0.25) is 23.2 Å². The molecular weight excluding hydrogens is 866 g/mol. The lowest BCUT2D eigenvalue weighted by atomic mass is 9.99. The highest BCUT2D eigenvalue weighted by molar-refractivity contribution is 7.47. The van der Waals surface area contributed by atoms with E-state index in [0.29, 0.717) is 12.8 Å². The molecule has 64 heavy (non-hydrogen) atoms. The van der Waals surface area contributed by atoms with E-state index in [4.69, 9.17) is 23.8 Å². The van der Waals surface area contributed by atoms with Gasteiger partial charge in [-0.05, 0) is 57.3 Å². The van der Waals surface area contributed by atoms with Crippen molar-refractivity contribution in [3.05, 3.63) is 36.5 Å². The van der Waals surface area contributed by atoms with Gasteiger partial charge in [0.1, 0.15) is 12.7 Å².